The molecule has 2 N–H and O–H groups in total. The number of hydrogen-bond acceptors (Lipinski definition) is 9. The van der Waals surface area contributed by atoms with Crippen molar-refractivity contribution >= 4 is 29.7 Å². The Balaban J connectivity index is 5.58. The van der Waals surface area contributed by atoms with Gasteiger partial charge in [0.05, 0.1) is 6.42 Å². The minimum Gasteiger partial charge on any atom is -0.460 e. The normalized spacial score (nSPS) is 13.4. The summed E-state index contributed by atoms with van der Waals surface area (Å²) in [4.78, 5) is 64.7. The van der Waals surface area contributed by atoms with Gasteiger partial charge in [-0.25, -0.2) is 9.59 Å². The van der Waals surface area contributed by atoms with Crippen LogP contribution in [-0.4, -0.2) is 65.2 Å². The van der Waals surface area contributed by atoms with Gasteiger partial charge in [-0.15, -0.1) is 0 Å². The van der Waals surface area contributed by atoms with Gasteiger partial charge < -0.3 is 24.8 Å². The van der Waals surface area contributed by atoms with E-state index in [-0.39, 0.29) is 12.8 Å². The van der Waals surface area contributed by atoms with Crippen molar-refractivity contribution in [2.75, 3.05) is 6.54 Å². The number of hydrogen-bond donors (Lipinski definition) is 2. The number of carbonyl (C=O) groups is 5. The van der Waals surface area contributed by atoms with Gasteiger partial charge in [0.1, 0.15) is 35.4 Å². The number of ether oxygens (including phenoxy) is 3. The van der Waals surface area contributed by atoms with Crippen LogP contribution in [0.5, 0.6) is 0 Å². The van der Waals surface area contributed by atoms with Crippen LogP contribution in [-0.2, 0) is 38.2 Å². The van der Waals surface area contributed by atoms with E-state index in [1.165, 1.54) is 0 Å². The zero-order valence-electron chi connectivity index (χ0n) is 22.6. The summed E-state index contributed by atoms with van der Waals surface area (Å²) in [6, 6.07) is -2.64. The van der Waals surface area contributed by atoms with Gasteiger partial charge in [0.15, 0.2) is 0 Å². The minimum absolute atomic E-state index is 0.115. The maximum absolute atomic E-state index is 12.8. The van der Waals surface area contributed by atoms with Crippen LogP contribution in [0.1, 0.15) is 81.6 Å². The molecule has 0 rings (SSSR count). The highest BCUT2D eigenvalue weighted by atomic mass is 16.6. The van der Waals surface area contributed by atoms with E-state index < -0.39 is 71.6 Å². The quantitative estimate of drug-likeness (QED) is 0.139. The fraction of sp³-hybridized carbons (Fsp3) is 0.783. The molecule has 0 heterocycles. The summed E-state index contributed by atoms with van der Waals surface area (Å²) in [5.74, 6) is -3.82. The molecule has 0 aliphatic rings. The smallest absolute Gasteiger partial charge is 0.329 e. The first-order valence-corrected chi connectivity index (χ1v) is 11.5. The molecule has 204 valence electrons. The van der Waals surface area contributed by atoms with E-state index in [1.807, 2.05) is 0 Å². The lowest BCUT2D eigenvalue weighted by molar-refractivity contribution is -0.160. The van der Waals surface area contributed by atoms with Crippen molar-refractivity contribution in [2.24, 2.45) is 5.11 Å². The molecule has 0 spiro atoms. The first kappa shape index (κ1) is 32.7. The molecule has 0 unspecified atom stereocenters. The average molecular weight is 514 g/mol. The summed E-state index contributed by atoms with van der Waals surface area (Å²) in [5, 5.41) is 7.87. The molecule has 0 aromatic carbocycles. The van der Waals surface area contributed by atoms with Crippen molar-refractivity contribution in [1.82, 2.24) is 10.6 Å². The van der Waals surface area contributed by atoms with E-state index in [9.17, 15) is 24.0 Å². The fourth-order valence-electron chi connectivity index (χ4n) is 2.62. The monoisotopic (exact) mass is 513 g/mol. The van der Waals surface area contributed by atoms with Crippen molar-refractivity contribution in [3.05, 3.63) is 10.4 Å². The van der Waals surface area contributed by atoms with E-state index in [0.717, 1.165) is 0 Å². The van der Waals surface area contributed by atoms with Crippen LogP contribution in [0, 0.1) is 0 Å². The number of nitrogens with zero attached hydrogens (tertiary/aromatic N) is 3. The molecule has 0 fully saturated rings. The average Bonchev–Trinajstić information content (AvgIpc) is 2.64. The molecule has 0 aliphatic heterocycles. The second-order valence-electron chi connectivity index (χ2n) is 11.0. The Kier molecular flexibility index (Phi) is 12.4. The van der Waals surface area contributed by atoms with Gasteiger partial charge in [0, 0.05) is 11.3 Å². The molecule has 0 aromatic heterocycles. The van der Waals surface area contributed by atoms with Crippen LogP contribution in [0.4, 0.5) is 0 Å². The van der Waals surface area contributed by atoms with E-state index in [0.29, 0.717) is 0 Å². The molecule has 2 amide bonds. The Morgan fingerprint density at radius 3 is 1.64 bits per heavy atom. The molecule has 0 bridgehead atoms. The molecular weight excluding hydrogens is 474 g/mol. The van der Waals surface area contributed by atoms with Crippen molar-refractivity contribution in [2.45, 2.75) is 110 Å². The predicted octanol–water partition coefficient (Wildman–Crippen LogP) is 2.46. The summed E-state index contributed by atoms with van der Waals surface area (Å²) in [6.07, 6.45) is -0.877. The molecule has 13 heteroatoms. The van der Waals surface area contributed by atoms with Crippen LogP contribution >= 0.6 is 0 Å². The summed E-state index contributed by atoms with van der Waals surface area (Å²) in [7, 11) is 0. The van der Waals surface area contributed by atoms with Gasteiger partial charge in [0.2, 0.25) is 11.8 Å². The summed E-state index contributed by atoms with van der Waals surface area (Å²) in [6.45, 7) is 14.3. The molecule has 0 aromatic rings. The first-order valence-electron chi connectivity index (χ1n) is 11.5. The topological polar surface area (TPSA) is 186 Å². The standard InChI is InChI=1S/C23H39N5O8/c1-21(2,3)34-18(31)11-10-14(19(32)35-22(4,5)6)26-16(29)12-15(20(33)36-23(7,8)9)27-17(30)13-25-28-24/h14-15H,10-13H2,1-9H3,(H,26,29)(H,27,30)/t14-,15-/m0/s1. The van der Waals surface area contributed by atoms with Crippen LogP contribution in [0.2, 0.25) is 0 Å². The van der Waals surface area contributed by atoms with Gasteiger partial charge in [-0.1, -0.05) is 5.11 Å². The second kappa shape index (κ2) is 13.7. The highest BCUT2D eigenvalue weighted by molar-refractivity contribution is 5.91. The lowest BCUT2D eigenvalue weighted by atomic mass is 10.1. The third-order valence-electron chi connectivity index (χ3n) is 3.78. The number of azide groups is 1. The lowest BCUT2D eigenvalue weighted by Gasteiger charge is -2.26. The lowest BCUT2D eigenvalue weighted by Crippen LogP contribution is -2.50. The molecule has 13 nitrogen and oxygen atoms in total. The largest absolute Gasteiger partial charge is 0.460 e. The van der Waals surface area contributed by atoms with Gasteiger partial charge >= 0.3 is 17.9 Å². The highest BCUT2D eigenvalue weighted by Crippen LogP contribution is 2.15. The van der Waals surface area contributed by atoms with Crippen LogP contribution < -0.4 is 10.6 Å². The van der Waals surface area contributed by atoms with Crippen molar-refractivity contribution in [3.8, 4) is 0 Å². The molecule has 0 saturated carbocycles. The zero-order valence-corrected chi connectivity index (χ0v) is 22.6. The number of rotatable bonds is 11. The Morgan fingerprint density at radius 2 is 1.19 bits per heavy atom. The van der Waals surface area contributed by atoms with Crippen LogP contribution in [0.3, 0.4) is 0 Å². The number of amides is 2. The Hall–Kier alpha value is -3.34. The maximum Gasteiger partial charge on any atom is 0.329 e. The number of nitrogens with one attached hydrogen (secondary N) is 2. The van der Waals surface area contributed by atoms with E-state index in [4.69, 9.17) is 19.7 Å². The Bertz CT molecular complexity index is 861. The molecule has 36 heavy (non-hydrogen) atoms. The molecular formula is C23H39N5O8. The van der Waals surface area contributed by atoms with E-state index in [2.05, 4.69) is 20.7 Å². The Morgan fingerprint density at radius 1 is 0.750 bits per heavy atom. The van der Waals surface area contributed by atoms with E-state index >= 15 is 0 Å². The fourth-order valence-corrected chi connectivity index (χ4v) is 2.62. The second-order valence-corrected chi connectivity index (χ2v) is 11.0. The summed E-state index contributed by atoms with van der Waals surface area (Å²) >= 11 is 0. The van der Waals surface area contributed by atoms with E-state index in [1.54, 1.807) is 62.3 Å². The van der Waals surface area contributed by atoms with Gasteiger partial charge in [-0.05, 0) is 74.3 Å². The predicted molar refractivity (Wildman–Crippen MR) is 129 cm³/mol. The van der Waals surface area contributed by atoms with Crippen molar-refractivity contribution in [1.29, 1.82) is 0 Å². The molecule has 0 aliphatic carbocycles. The number of esters is 3. The Labute approximate surface area is 211 Å². The third-order valence-corrected chi connectivity index (χ3v) is 3.78. The minimum atomic E-state index is -1.42. The van der Waals surface area contributed by atoms with Gasteiger partial charge in [0.25, 0.3) is 0 Å². The molecule has 2 atom stereocenters. The summed E-state index contributed by atoms with van der Waals surface area (Å²) in [5.41, 5.74) is 5.89. The van der Waals surface area contributed by atoms with Crippen LogP contribution in [0.15, 0.2) is 5.11 Å². The number of carbonyl (C=O) groups excluding carboxylic acids is 5. The van der Waals surface area contributed by atoms with Crippen LogP contribution in [0.25, 0.3) is 10.4 Å². The summed E-state index contributed by atoms with van der Waals surface area (Å²) < 4.78 is 15.9. The SMILES string of the molecule is CC(C)(C)OC(=O)CC[C@H](NC(=O)C[C@H](NC(=O)CN=[N+]=[N-])C(=O)OC(C)(C)C)C(=O)OC(C)(C)C. The maximum atomic E-state index is 12.8. The zero-order chi connectivity index (χ0) is 28.3. The van der Waals surface area contributed by atoms with Crippen molar-refractivity contribution < 1.29 is 38.2 Å². The van der Waals surface area contributed by atoms with Crippen molar-refractivity contribution in [3.63, 3.8) is 0 Å². The molecule has 0 radical (unpaired) electrons. The van der Waals surface area contributed by atoms with Gasteiger partial charge in [-0.2, -0.15) is 0 Å². The third kappa shape index (κ3) is 16.3. The van der Waals surface area contributed by atoms with Gasteiger partial charge in [-0.3, -0.25) is 14.4 Å². The first-order chi connectivity index (χ1) is 16.2. The highest BCUT2D eigenvalue weighted by Gasteiger charge is 2.32. The molecule has 0 saturated heterocycles.